The number of hydrogen-bond donors (Lipinski definition) is 7. The summed E-state index contributed by atoms with van der Waals surface area (Å²) in [6.45, 7) is 8.11. The number of ether oxygens (including phenoxy) is 1. The number of aliphatic hydroxyl groups is 1. The van der Waals surface area contributed by atoms with E-state index in [1.807, 2.05) is 38.4 Å². The Morgan fingerprint density at radius 2 is 1.76 bits per heavy atom. The first kappa shape index (κ1) is 54.6. The van der Waals surface area contributed by atoms with Crippen LogP contribution in [0.25, 0.3) is 16.6 Å². The van der Waals surface area contributed by atoms with Crippen LogP contribution in [0.4, 0.5) is 11.5 Å². The Kier molecular flexibility index (Phi) is 15.9. The predicted octanol–water partition coefficient (Wildman–Crippen LogP) is 3.44. The number of aryl methyl sites for hydroxylation is 1. The van der Waals surface area contributed by atoms with Gasteiger partial charge in [-0.15, -0.1) is 0 Å². The minimum atomic E-state index is -5.76. The lowest BCUT2D eigenvalue weighted by Gasteiger charge is -2.36. The van der Waals surface area contributed by atoms with Gasteiger partial charge in [-0.05, 0) is 77.1 Å². The van der Waals surface area contributed by atoms with Crippen molar-refractivity contribution in [2.75, 3.05) is 64.6 Å². The number of fused-ring (bicyclic) bond motifs is 4. The highest BCUT2D eigenvalue weighted by Gasteiger charge is 2.43. The van der Waals surface area contributed by atoms with Crippen LogP contribution in [0, 0.1) is 11.8 Å². The van der Waals surface area contributed by atoms with Crippen molar-refractivity contribution < 1.29 is 65.8 Å². The molecule has 5 atom stereocenters. The van der Waals surface area contributed by atoms with Gasteiger partial charge in [0, 0.05) is 81.4 Å². The van der Waals surface area contributed by atoms with Gasteiger partial charge in [0.2, 0.25) is 11.3 Å². The molecule has 5 aromatic rings. The Morgan fingerprint density at radius 1 is 1.00 bits per heavy atom. The van der Waals surface area contributed by atoms with Gasteiger partial charge in [-0.1, -0.05) is 50.0 Å². The number of phosphoric acid groups is 3. The monoisotopic (exact) mass is 1080 g/mol. The highest BCUT2D eigenvalue weighted by Crippen LogP contribution is 2.66. The zero-order valence-electron chi connectivity index (χ0n) is 41.7. The number of anilines is 2. The van der Waals surface area contributed by atoms with E-state index in [0.717, 1.165) is 53.5 Å². The average Bonchev–Trinajstić information content (AvgIpc) is 3.90. The van der Waals surface area contributed by atoms with E-state index < -0.39 is 48.5 Å². The molecule has 2 unspecified atom stereocenters. The zero-order chi connectivity index (χ0) is 53.5. The third-order valence-electron chi connectivity index (χ3n) is 13.5. The molecule has 0 bridgehead atoms. The molecule has 8 N–H and O–H groups in total. The number of nitrogen functional groups attached to an aromatic ring is 1. The van der Waals surface area contributed by atoms with E-state index in [9.17, 15) is 38.2 Å². The summed E-state index contributed by atoms with van der Waals surface area (Å²) in [4.78, 5) is 76.5. The molecule has 8 rings (SSSR count). The standard InChI is InChI=1S/C49H59N8O14P3/c1-7-56-22-11-14-30-23-36-38(25-39(30)56)49(2,3)37-24-32(54(4)5)18-19-35(37)45(36)33-15-8-9-16-34(33)48(60)55(6)21-12-17-42(59)51-20-10-13-31-27-57(47-44(31)46(50)52-29-53-47)43-26-40(58)41(69-43)28-68-73(64,65)71-74(66,67)70-72(61,62)63/h8-9,15-16,18-19,23-25,27,29,40-41,43,58H,7,11-12,14,17,20-22,26,28H2,1-6H3,(H6-,50,51,52,53,59,61,62,63,64,65,66,67)/p+1/t40-,41+,43+/m0/s1. The summed E-state index contributed by atoms with van der Waals surface area (Å²) >= 11 is 0. The number of nitrogens with one attached hydrogen (secondary N) is 1. The second kappa shape index (κ2) is 21.5. The largest absolute Gasteiger partial charge is 0.490 e. The number of amides is 2. The molecule has 4 heterocycles. The summed E-state index contributed by atoms with van der Waals surface area (Å²) in [6, 6.07) is 19.1. The van der Waals surface area contributed by atoms with Crippen molar-refractivity contribution >= 4 is 63.4 Å². The van der Waals surface area contributed by atoms with E-state index in [4.69, 9.17) is 20.3 Å². The lowest BCUT2D eigenvalue weighted by molar-refractivity contribution is -0.121. The Hall–Kier alpha value is -5.62. The van der Waals surface area contributed by atoms with Gasteiger partial charge in [-0.25, -0.2) is 28.2 Å². The SMILES string of the molecule is CC[N+]1=c2cc3c(cc2CCC1)=C(c1ccccc1C(=O)N(C)CCCC(=O)NCC#Cc1cn([C@H]2C[C@H](O)[C@@H](COP(=O)(O)OP(=O)(O)OP(=O)(O)O)O2)c2ncnc(N)c12)c1ccc(N(C)C)cc1C3(C)C. The van der Waals surface area contributed by atoms with Crippen LogP contribution in [0.3, 0.4) is 0 Å². The number of carbonyl (C=O) groups excluding carboxylic acids is 2. The van der Waals surface area contributed by atoms with Gasteiger partial charge < -0.3 is 54.8 Å². The Morgan fingerprint density at radius 3 is 2.49 bits per heavy atom. The summed E-state index contributed by atoms with van der Waals surface area (Å²) in [5.41, 5.74) is 14.9. The second-order valence-electron chi connectivity index (χ2n) is 19.0. The molecule has 1 fully saturated rings. The van der Waals surface area contributed by atoms with Crippen LogP contribution in [0.15, 0.2) is 67.1 Å². The van der Waals surface area contributed by atoms with Crippen LogP contribution in [0.5, 0.6) is 0 Å². The zero-order valence-corrected chi connectivity index (χ0v) is 44.3. The van der Waals surface area contributed by atoms with Crippen molar-refractivity contribution in [2.24, 2.45) is 0 Å². The van der Waals surface area contributed by atoms with E-state index in [1.165, 1.54) is 39.1 Å². The number of nitrogens with two attached hydrogens (primary N) is 1. The molecule has 3 aliphatic rings. The number of benzene rings is 3. The van der Waals surface area contributed by atoms with Crippen molar-refractivity contribution in [1.82, 2.24) is 29.3 Å². The molecule has 1 aliphatic carbocycles. The molecule has 2 amide bonds. The number of nitrogens with zero attached hydrogens (tertiary/aromatic N) is 6. The van der Waals surface area contributed by atoms with Crippen LogP contribution < -0.4 is 31.1 Å². The molecule has 1 saturated heterocycles. The van der Waals surface area contributed by atoms with Crippen molar-refractivity contribution in [3.8, 4) is 11.8 Å². The third-order valence-corrected chi connectivity index (χ3v) is 17.3. The fourth-order valence-electron chi connectivity index (χ4n) is 9.86. The van der Waals surface area contributed by atoms with Gasteiger partial charge in [0.25, 0.3) is 5.91 Å². The smallest absolute Gasteiger partial charge is 0.390 e. The first-order chi connectivity index (χ1) is 34.9. The maximum atomic E-state index is 14.5. The topological polar surface area (TPSA) is 302 Å². The molecule has 22 nitrogen and oxygen atoms in total. The maximum absolute atomic E-state index is 14.5. The molecule has 25 heteroatoms. The predicted molar refractivity (Wildman–Crippen MR) is 274 cm³/mol. The van der Waals surface area contributed by atoms with E-state index in [0.29, 0.717) is 29.5 Å². The van der Waals surface area contributed by atoms with Gasteiger partial charge in [0.05, 0.1) is 30.2 Å². The summed E-state index contributed by atoms with van der Waals surface area (Å²) in [5.74, 6) is 5.50. The van der Waals surface area contributed by atoms with Crippen molar-refractivity contribution in [2.45, 2.75) is 76.7 Å². The van der Waals surface area contributed by atoms with Crippen LogP contribution >= 0.6 is 23.5 Å². The fraction of sp³-hybridized carbons (Fsp3) is 0.408. The van der Waals surface area contributed by atoms with Gasteiger partial charge in [-0.2, -0.15) is 8.62 Å². The molecule has 394 valence electrons. The molecule has 2 aromatic heterocycles. The van der Waals surface area contributed by atoms with E-state index in [-0.39, 0.29) is 48.1 Å². The lowest BCUT2D eigenvalue weighted by atomic mass is 9.68. The number of carbonyl (C=O) groups is 2. The number of hydrogen-bond acceptors (Lipinski definition) is 14. The Balaban J connectivity index is 0.926. The Bertz CT molecular complexity index is 3390. The average molecular weight is 1080 g/mol. The molecule has 74 heavy (non-hydrogen) atoms. The summed E-state index contributed by atoms with van der Waals surface area (Å²) in [6.07, 6.45) is 1.60. The van der Waals surface area contributed by atoms with Gasteiger partial charge in [0.15, 0.2) is 0 Å². The van der Waals surface area contributed by atoms with E-state index >= 15 is 0 Å². The molecule has 0 spiro atoms. The number of aromatic nitrogens is 3. The number of rotatable bonds is 17. The minimum Gasteiger partial charge on any atom is -0.390 e. The molecular formula is C49H60N8O14P3+. The van der Waals surface area contributed by atoms with Crippen molar-refractivity contribution in [3.63, 3.8) is 0 Å². The van der Waals surface area contributed by atoms with Crippen LogP contribution in [-0.2, 0) is 48.2 Å². The van der Waals surface area contributed by atoms with Crippen molar-refractivity contribution in [3.05, 3.63) is 117 Å². The summed E-state index contributed by atoms with van der Waals surface area (Å²) in [7, 11) is -11.0. The van der Waals surface area contributed by atoms with Gasteiger partial charge in [-0.3, -0.25) is 14.1 Å². The second-order valence-corrected chi connectivity index (χ2v) is 23.4. The molecule has 0 saturated carbocycles. The number of aliphatic hydroxyl groups excluding tert-OH is 1. The van der Waals surface area contributed by atoms with Crippen LogP contribution in [0.1, 0.15) is 96.4 Å². The fourth-order valence-corrected chi connectivity index (χ4v) is 12.9. The summed E-state index contributed by atoms with van der Waals surface area (Å²) < 4.78 is 56.9. The van der Waals surface area contributed by atoms with Gasteiger partial charge >= 0.3 is 23.5 Å². The maximum Gasteiger partial charge on any atom is 0.490 e. The van der Waals surface area contributed by atoms with E-state index in [2.05, 4.69) is 101 Å². The quantitative estimate of drug-likeness (QED) is 0.0399. The van der Waals surface area contributed by atoms with Gasteiger partial charge in [0.1, 0.15) is 43.2 Å². The molecule has 3 aromatic carbocycles. The molecule has 2 aliphatic heterocycles. The first-order valence-corrected chi connectivity index (χ1v) is 28.3. The van der Waals surface area contributed by atoms with Crippen LogP contribution in [-0.4, -0.2) is 122 Å². The first-order valence-electron chi connectivity index (χ1n) is 23.8. The summed E-state index contributed by atoms with van der Waals surface area (Å²) in [5, 5.41) is 16.3. The van der Waals surface area contributed by atoms with Crippen molar-refractivity contribution in [1.29, 1.82) is 0 Å². The lowest BCUT2D eigenvalue weighted by Crippen LogP contribution is -2.43. The van der Waals surface area contributed by atoms with E-state index in [1.54, 1.807) is 11.9 Å². The Labute approximate surface area is 426 Å². The highest BCUT2D eigenvalue weighted by atomic mass is 31.3. The van der Waals surface area contributed by atoms with Crippen LogP contribution in [0.2, 0.25) is 0 Å². The molecular weight excluding hydrogens is 1020 g/mol. The molecule has 0 radical (unpaired) electrons. The third kappa shape index (κ3) is 11.8. The number of phosphoric ester groups is 1. The minimum absolute atomic E-state index is 0.0450. The highest BCUT2D eigenvalue weighted by molar-refractivity contribution is 7.66. The normalized spacial score (nSPS) is 19.6.